The minimum absolute atomic E-state index is 0.439. The van der Waals surface area contributed by atoms with Crippen LogP contribution < -0.4 is 4.90 Å². The molecule has 1 aromatic heterocycles. The largest absolute Gasteiger partial charge is 0.455 e. The van der Waals surface area contributed by atoms with Crippen LogP contribution in [0.4, 0.5) is 17.1 Å². The second kappa shape index (κ2) is 12.8. The van der Waals surface area contributed by atoms with Crippen LogP contribution in [0.3, 0.4) is 0 Å². The van der Waals surface area contributed by atoms with E-state index in [9.17, 15) is 0 Å². The van der Waals surface area contributed by atoms with Gasteiger partial charge in [0.1, 0.15) is 11.2 Å². The molecule has 2 nitrogen and oxygen atoms in total. The highest BCUT2D eigenvalue weighted by atomic mass is 16.3. The van der Waals surface area contributed by atoms with Gasteiger partial charge in [-0.15, -0.1) is 0 Å². The van der Waals surface area contributed by atoms with Crippen molar-refractivity contribution in [2.75, 3.05) is 4.90 Å². The highest BCUT2D eigenvalue weighted by Crippen LogP contribution is 2.60. The number of hydrogen-bond donors (Lipinski definition) is 0. The van der Waals surface area contributed by atoms with Crippen LogP contribution in [-0.2, 0) is 11.8 Å². The average molecular weight is 740 g/mol. The molecule has 9 aromatic carbocycles. The molecular formula is C56H37NO. The first-order valence-electron chi connectivity index (χ1n) is 20.1. The summed E-state index contributed by atoms with van der Waals surface area (Å²) in [6.07, 6.45) is 0.930. The topological polar surface area (TPSA) is 16.4 Å². The number of anilines is 3. The number of benzene rings is 9. The van der Waals surface area contributed by atoms with E-state index in [0.29, 0.717) is 0 Å². The third-order valence-electron chi connectivity index (χ3n) is 12.6. The quantitative estimate of drug-likeness (QED) is 0.175. The molecule has 1 spiro atoms. The van der Waals surface area contributed by atoms with E-state index in [1.165, 1.54) is 55.6 Å². The van der Waals surface area contributed by atoms with Gasteiger partial charge in [-0.1, -0.05) is 170 Å². The Balaban J connectivity index is 1.05. The van der Waals surface area contributed by atoms with Crippen molar-refractivity contribution < 1.29 is 4.42 Å². The fraction of sp³-hybridized carbons (Fsp3) is 0.0357. The van der Waals surface area contributed by atoms with Gasteiger partial charge >= 0.3 is 0 Å². The lowest BCUT2D eigenvalue weighted by Crippen LogP contribution is -2.34. The van der Waals surface area contributed by atoms with Crippen LogP contribution in [0.25, 0.3) is 55.3 Å². The van der Waals surface area contributed by atoms with Gasteiger partial charge in [-0.2, -0.15) is 0 Å². The number of hydrogen-bond acceptors (Lipinski definition) is 2. The summed E-state index contributed by atoms with van der Waals surface area (Å²) in [5, 5.41) is 2.28. The van der Waals surface area contributed by atoms with Gasteiger partial charge in [0.05, 0.1) is 5.41 Å². The Morgan fingerprint density at radius 1 is 0.362 bits per heavy atom. The molecule has 10 aromatic rings. The zero-order chi connectivity index (χ0) is 38.2. The zero-order valence-corrected chi connectivity index (χ0v) is 31.8. The molecule has 272 valence electrons. The first-order chi connectivity index (χ1) is 28.8. The summed E-state index contributed by atoms with van der Waals surface area (Å²) in [6.45, 7) is 0. The van der Waals surface area contributed by atoms with Gasteiger partial charge in [0.25, 0.3) is 0 Å². The van der Waals surface area contributed by atoms with Crippen molar-refractivity contribution in [3.8, 4) is 33.4 Å². The van der Waals surface area contributed by atoms with Gasteiger partial charge in [0, 0.05) is 33.4 Å². The van der Waals surface area contributed by atoms with Crippen LogP contribution in [-0.4, -0.2) is 0 Å². The van der Waals surface area contributed by atoms with E-state index in [1.807, 2.05) is 12.1 Å². The number of nitrogens with zero attached hydrogens (tertiary/aromatic N) is 1. The molecule has 2 heteroatoms. The lowest BCUT2D eigenvalue weighted by molar-refractivity contribution is 0.670. The van der Waals surface area contributed by atoms with E-state index in [4.69, 9.17) is 4.42 Å². The second-order valence-electron chi connectivity index (χ2n) is 15.6. The normalized spacial score (nSPS) is 13.2. The maximum Gasteiger partial charge on any atom is 0.143 e. The van der Waals surface area contributed by atoms with Crippen LogP contribution in [0.5, 0.6) is 0 Å². The van der Waals surface area contributed by atoms with Gasteiger partial charge in [0.2, 0.25) is 0 Å². The molecule has 58 heavy (non-hydrogen) atoms. The fourth-order valence-corrected chi connectivity index (χ4v) is 10.1. The Labute approximate surface area is 337 Å². The Kier molecular flexibility index (Phi) is 7.24. The summed E-state index contributed by atoms with van der Waals surface area (Å²) in [7, 11) is 0. The van der Waals surface area contributed by atoms with Crippen LogP contribution in [0, 0.1) is 0 Å². The summed E-state index contributed by atoms with van der Waals surface area (Å²) in [4.78, 5) is 2.41. The maximum absolute atomic E-state index is 6.47. The van der Waals surface area contributed by atoms with Crippen molar-refractivity contribution in [2.24, 2.45) is 0 Å². The molecule has 2 aliphatic rings. The lowest BCUT2D eigenvalue weighted by Gasteiger charge is -2.40. The highest BCUT2D eigenvalue weighted by Gasteiger charge is 2.49. The summed E-state index contributed by atoms with van der Waals surface area (Å²) in [6, 6.07) is 77.7. The SMILES string of the molecule is c1ccc(-c2ccc(N(c3ccc(-c4cccc5c4oc4ccccc45)cc3)c3ccc4c(c3)C3(c5ccccc5Cc5ccccc53)c3ccccc3-4)cc2)cc1. The first kappa shape index (κ1) is 32.8. The molecule has 0 saturated carbocycles. The number of fused-ring (bicyclic) bond motifs is 12. The highest BCUT2D eigenvalue weighted by molar-refractivity contribution is 6.09. The fourth-order valence-electron chi connectivity index (χ4n) is 10.1. The third kappa shape index (κ3) is 4.79. The predicted octanol–water partition coefficient (Wildman–Crippen LogP) is 14.7. The zero-order valence-electron chi connectivity index (χ0n) is 31.8. The van der Waals surface area contributed by atoms with Crippen molar-refractivity contribution in [2.45, 2.75) is 11.8 Å². The lowest BCUT2D eigenvalue weighted by atomic mass is 9.61. The average Bonchev–Trinajstić information content (AvgIpc) is 3.81. The van der Waals surface area contributed by atoms with Crippen molar-refractivity contribution in [3.63, 3.8) is 0 Å². The van der Waals surface area contributed by atoms with E-state index in [-0.39, 0.29) is 0 Å². The molecule has 0 unspecified atom stereocenters. The predicted molar refractivity (Wildman–Crippen MR) is 239 cm³/mol. The molecule has 1 heterocycles. The van der Waals surface area contributed by atoms with Crippen LogP contribution >= 0.6 is 0 Å². The van der Waals surface area contributed by atoms with E-state index in [1.54, 1.807) is 0 Å². The van der Waals surface area contributed by atoms with Crippen molar-refractivity contribution in [1.29, 1.82) is 0 Å². The van der Waals surface area contributed by atoms with E-state index in [2.05, 4.69) is 205 Å². The van der Waals surface area contributed by atoms with Crippen LogP contribution in [0.2, 0.25) is 0 Å². The first-order valence-corrected chi connectivity index (χ1v) is 20.1. The Hall–Kier alpha value is -7.42. The van der Waals surface area contributed by atoms with Crippen LogP contribution in [0.1, 0.15) is 33.4 Å². The molecule has 12 rings (SSSR count). The summed E-state index contributed by atoms with van der Waals surface area (Å²) < 4.78 is 6.47. The molecule has 0 aliphatic heterocycles. The van der Waals surface area contributed by atoms with Crippen molar-refractivity contribution in [3.05, 3.63) is 246 Å². The van der Waals surface area contributed by atoms with Gasteiger partial charge in [0.15, 0.2) is 0 Å². The molecule has 0 radical (unpaired) electrons. The molecule has 2 aliphatic carbocycles. The standard InChI is InChI=1S/C56H37NO/c1-2-13-37(14-3-1)38-25-29-42(30-26-38)57(43-31-27-39(28-32-43)45-19-12-20-49-48-18-7-11-24-54(48)58-55(45)49)44-33-34-47-46-17-6-10-23-52(46)56(53(47)36-44)50-21-8-4-15-40(50)35-41-16-5-9-22-51(41)56/h1-34,36H,35H2. The van der Waals surface area contributed by atoms with Gasteiger partial charge < -0.3 is 9.32 Å². The molecule has 0 N–H and O–H groups in total. The second-order valence-corrected chi connectivity index (χ2v) is 15.6. The molecule has 0 atom stereocenters. The summed E-state index contributed by atoms with van der Waals surface area (Å²) in [5.41, 5.74) is 20.1. The van der Waals surface area contributed by atoms with E-state index < -0.39 is 5.41 Å². The molecule has 0 fully saturated rings. The number of para-hydroxylation sites is 2. The van der Waals surface area contributed by atoms with Crippen molar-refractivity contribution >= 4 is 39.0 Å². The molecule has 0 bridgehead atoms. The Morgan fingerprint density at radius 2 is 0.897 bits per heavy atom. The summed E-state index contributed by atoms with van der Waals surface area (Å²) >= 11 is 0. The smallest absolute Gasteiger partial charge is 0.143 e. The number of furan rings is 1. The molecule has 0 saturated heterocycles. The van der Waals surface area contributed by atoms with Gasteiger partial charge in [-0.25, -0.2) is 0 Å². The monoisotopic (exact) mass is 739 g/mol. The third-order valence-corrected chi connectivity index (χ3v) is 12.6. The van der Waals surface area contributed by atoms with Gasteiger partial charge in [-0.05, 0) is 110 Å². The minimum atomic E-state index is -0.439. The van der Waals surface area contributed by atoms with E-state index >= 15 is 0 Å². The van der Waals surface area contributed by atoms with E-state index in [0.717, 1.165) is 56.5 Å². The molecule has 0 amide bonds. The minimum Gasteiger partial charge on any atom is -0.455 e. The van der Waals surface area contributed by atoms with Gasteiger partial charge in [-0.3, -0.25) is 0 Å². The Morgan fingerprint density at radius 3 is 1.64 bits per heavy atom. The summed E-state index contributed by atoms with van der Waals surface area (Å²) in [5.74, 6) is 0. The Bertz CT molecular complexity index is 3150. The van der Waals surface area contributed by atoms with Crippen LogP contribution in [0.15, 0.2) is 217 Å². The number of rotatable bonds is 5. The maximum atomic E-state index is 6.47. The van der Waals surface area contributed by atoms with Crippen molar-refractivity contribution in [1.82, 2.24) is 0 Å². The molecular weight excluding hydrogens is 703 g/mol.